The minimum Gasteiger partial charge on any atom is -0.369 e. The Labute approximate surface area is 112 Å². The summed E-state index contributed by atoms with van der Waals surface area (Å²) in [7, 11) is 0. The van der Waals surface area contributed by atoms with E-state index in [1.54, 1.807) is 0 Å². The van der Waals surface area contributed by atoms with Gasteiger partial charge in [0.1, 0.15) is 5.54 Å². The molecule has 0 bridgehead atoms. The highest BCUT2D eigenvalue weighted by molar-refractivity contribution is 5.06. The SMILES string of the molecule is CC(OCCCCC(C)(C#N)NC1CC1)C(F)(F)F. The van der Waals surface area contributed by atoms with Gasteiger partial charge in [-0.3, -0.25) is 5.32 Å². The number of nitriles is 1. The minimum atomic E-state index is -4.30. The van der Waals surface area contributed by atoms with E-state index in [1.807, 2.05) is 6.92 Å². The molecule has 0 aromatic heterocycles. The average Bonchev–Trinajstić information content (AvgIpc) is 3.11. The van der Waals surface area contributed by atoms with E-state index in [2.05, 4.69) is 11.4 Å². The summed E-state index contributed by atoms with van der Waals surface area (Å²) in [6.45, 7) is 2.92. The summed E-state index contributed by atoms with van der Waals surface area (Å²) in [5.41, 5.74) is -0.573. The van der Waals surface area contributed by atoms with Crippen LogP contribution in [0.2, 0.25) is 0 Å². The highest BCUT2D eigenvalue weighted by Crippen LogP contribution is 2.25. The maximum absolute atomic E-state index is 12.2. The van der Waals surface area contributed by atoms with Crippen molar-refractivity contribution in [3.05, 3.63) is 0 Å². The molecule has 2 atom stereocenters. The third-order valence-corrected chi connectivity index (χ3v) is 3.25. The lowest BCUT2D eigenvalue weighted by atomic mass is 9.96. The first-order chi connectivity index (χ1) is 8.77. The highest BCUT2D eigenvalue weighted by Gasteiger charge is 2.36. The van der Waals surface area contributed by atoms with Gasteiger partial charge in [-0.05, 0) is 46.0 Å². The molecule has 1 aliphatic rings. The van der Waals surface area contributed by atoms with Gasteiger partial charge in [-0.25, -0.2) is 0 Å². The van der Waals surface area contributed by atoms with Crippen LogP contribution in [0.3, 0.4) is 0 Å². The molecular formula is C13H21F3N2O. The lowest BCUT2D eigenvalue weighted by Crippen LogP contribution is -2.42. The number of hydrogen-bond acceptors (Lipinski definition) is 3. The summed E-state index contributed by atoms with van der Waals surface area (Å²) in [4.78, 5) is 0. The van der Waals surface area contributed by atoms with E-state index in [0.717, 1.165) is 19.8 Å². The first-order valence-electron chi connectivity index (χ1n) is 6.64. The Morgan fingerprint density at radius 2 is 2.00 bits per heavy atom. The largest absolute Gasteiger partial charge is 0.414 e. The van der Waals surface area contributed by atoms with Gasteiger partial charge in [0.25, 0.3) is 0 Å². The van der Waals surface area contributed by atoms with Crippen molar-refractivity contribution < 1.29 is 17.9 Å². The summed E-state index contributed by atoms with van der Waals surface area (Å²) in [6.07, 6.45) is -1.98. The summed E-state index contributed by atoms with van der Waals surface area (Å²) < 4.78 is 41.2. The Kier molecular flexibility index (Phi) is 5.63. The molecule has 1 aliphatic carbocycles. The topological polar surface area (TPSA) is 45.0 Å². The zero-order valence-electron chi connectivity index (χ0n) is 11.4. The van der Waals surface area contributed by atoms with Crippen molar-refractivity contribution in [2.75, 3.05) is 6.61 Å². The molecule has 19 heavy (non-hydrogen) atoms. The third kappa shape index (κ3) is 6.26. The number of nitrogens with one attached hydrogen (secondary N) is 1. The number of unbranched alkanes of at least 4 members (excludes halogenated alkanes) is 1. The van der Waals surface area contributed by atoms with Crippen LogP contribution in [0.5, 0.6) is 0 Å². The lowest BCUT2D eigenvalue weighted by molar-refractivity contribution is -0.214. The van der Waals surface area contributed by atoms with Crippen LogP contribution in [0.15, 0.2) is 0 Å². The molecule has 0 aromatic rings. The lowest BCUT2D eigenvalue weighted by Gasteiger charge is -2.23. The second kappa shape index (κ2) is 6.58. The Morgan fingerprint density at radius 3 is 2.47 bits per heavy atom. The Morgan fingerprint density at radius 1 is 1.37 bits per heavy atom. The molecular weight excluding hydrogens is 257 g/mol. The number of hydrogen-bond donors (Lipinski definition) is 1. The first-order valence-corrected chi connectivity index (χ1v) is 6.64. The van der Waals surface area contributed by atoms with Gasteiger partial charge in [0, 0.05) is 12.6 Å². The van der Waals surface area contributed by atoms with Crippen molar-refractivity contribution in [2.45, 2.75) is 69.8 Å². The van der Waals surface area contributed by atoms with Crippen molar-refractivity contribution in [3.63, 3.8) is 0 Å². The molecule has 0 radical (unpaired) electrons. The van der Waals surface area contributed by atoms with E-state index < -0.39 is 17.8 Å². The fraction of sp³-hybridized carbons (Fsp3) is 0.923. The van der Waals surface area contributed by atoms with Gasteiger partial charge in [0.2, 0.25) is 0 Å². The van der Waals surface area contributed by atoms with Crippen LogP contribution in [-0.4, -0.2) is 30.5 Å². The van der Waals surface area contributed by atoms with Crippen LogP contribution in [0.1, 0.15) is 46.0 Å². The fourth-order valence-corrected chi connectivity index (χ4v) is 1.77. The molecule has 1 rings (SSSR count). The zero-order valence-corrected chi connectivity index (χ0v) is 11.4. The van der Waals surface area contributed by atoms with Crippen LogP contribution in [0, 0.1) is 11.3 Å². The monoisotopic (exact) mass is 278 g/mol. The van der Waals surface area contributed by atoms with Crippen molar-refractivity contribution in [2.24, 2.45) is 0 Å². The van der Waals surface area contributed by atoms with Crippen LogP contribution in [0.25, 0.3) is 0 Å². The molecule has 0 saturated heterocycles. The average molecular weight is 278 g/mol. The van der Waals surface area contributed by atoms with Crippen LogP contribution < -0.4 is 5.32 Å². The van der Waals surface area contributed by atoms with E-state index in [4.69, 9.17) is 10.00 Å². The molecule has 0 amide bonds. The van der Waals surface area contributed by atoms with Gasteiger partial charge in [0.15, 0.2) is 6.10 Å². The molecule has 3 nitrogen and oxygen atoms in total. The Balaban J connectivity index is 2.14. The van der Waals surface area contributed by atoms with Gasteiger partial charge in [-0.15, -0.1) is 0 Å². The number of halogens is 3. The fourth-order valence-electron chi connectivity index (χ4n) is 1.77. The molecule has 0 aliphatic heterocycles. The van der Waals surface area contributed by atoms with E-state index in [1.165, 1.54) is 0 Å². The summed E-state index contributed by atoms with van der Waals surface area (Å²) in [6, 6.07) is 2.68. The van der Waals surface area contributed by atoms with Gasteiger partial charge in [0.05, 0.1) is 6.07 Å². The standard InChI is InChI=1S/C13H21F3N2O/c1-10(13(14,15)16)19-8-4-3-7-12(2,9-17)18-11-5-6-11/h10-11,18H,3-8H2,1-2H3. The van der Waals surface area contributed by atoms with E-state index in [-0.39, 0.29) is 6.61 Å². The smallest absolute Gasteiger partial charge is 0.369 e. The van der Waals surface area contributed by atoms with Crippen LogP contribution in [-0.2, 0) is 4.74 Å². The predicted molar refractivity (Wildman–Crippen MR) is 65.5 cm³/mol. The molecule has 110 valence electrons. The number of nitrogens with zero attached hydrogens (tertiary/aromatic N) is 1. The van der Waals surface area contributed by atoms with Crippen molar-refractivity contribution in [1.82, 2.24) is 5.32 Å². The maximum Gasteiger partial charge on any atom is 0.414 e. The third-order valence-electron chi connectivity index (χ3n) is 3.25. The second-order valence-corrected chi connectivity index (χ2v) is 5.37. The molecule has 1 N–H and O–H groups in total. The van der Waals surface area contributed by atoms with Crippen molar-refractivity contribution >= 4 is 0 Å². The number of ether oxygens (including phenoxy) is 1. The molecule has 0 spiro atoms. The molecule has 1 fully saturated rings. The molecule has 1 saturated carbocycles. The van der Waals surface area contributed by atoms with Gasteiger partial charge >= 0.3 is 6.18 Å². The van der Waals surface area contributed by atoms with Crippen molar-refractivity contribution in [1.29, 1.82) is 5.26 Å². The second-order valence-electron chi connectivity index (χ2n) is 5.37. The Hall–Kier alpha value is -0.800. The zero-order chi connectivity index (χ0) is 14.5. The van der Waals surface area contributed by atoms with E-state index >= 15 is 0 Å². The number of alkyl halides is 3. The van der Waals surface area contributed by atoms with Gasteiger partial charge in [-0.1, -0.05) is 0 Å². The summed E-state index contributed by atoms with van der Waals surface area (Å²) in [5, 5.41) is 12.4. The first kappa shape index (κ1) is 16.3. The maximum atomic E-state index is 12.2. The molecule has 2 unspecified atom stereocenters. The molecule has 0 aromatic carbocycles. The predicted octanol–water partition coefficient (Wildman–Crippen LogP) is 3.16. The van der Waals surface area contributed by atoms with Gasteiger partial charge in [-0.2, -0.15) is 18.4 Å². The van der Waals surface area contributed by atoms with Gasteiger partial charge < -0.3 is 4.74 Å². The summed E-state index contributed by atoms with van der Waals surface area (Å²) in [5.74, 6) is 0. The summed E-state index contributed by atoms with van der Waals surface area (Å²) >= 11 is 0. The van der Waals surface area contributed by atoms with E-state index in [0.29, 0.717) is 25.3 Å². The normalized spacial score (nSPS) is 20.6. The highest BCUT2D eigenvalue weighted by atomic mass is 19.4. The molecule has 0 heterocycles. The van der Waals surface area contributed by atoms with Crippen molar-refractivity contribution in [3.8, 4) is 6.07 Å². The van der Waals surface area contributed by atoms with E-state index in [9.17, 15) is 13.2 Å². The van der Waals surface area contributed by atoms with Crippen LogP contribution >= 0.6 is 0 Å². The molecule has 6 heteroatoms. The quantitative estimate of drug-likeness (QED) is 0.694. The number of rotatable bonds is 8. The Bertz CT molecular complexity index is 323. The van der Waals surface area contributed by atoms with Crippen LogP contribution in [0.4, 0.5) is 13.2 Å². The minimum absolute atomic E-state index is 0.0750.